The van der Waals surface area contributed by atoms with Crippen LogP contribution in [0, 0.1) is 6.92 Å². The highest BCUT2D eigenvalue weighted by molar-refractivity contribution is 5.58. The molecule has 0 aliphatic rings. The van der Waals surface area contributed by atoms with Gasteiger partial charge in [-0.1, -0.05) is 122 Å². The van der Waals surface area contributed by atoms with E-state index in [0.29, 0.717) is 0 Å². The molecule has 3 heteroatoms. The first-order valence-electron chi connectivity index (χ1n) is 12.4. The van der Waals surface area contributed by atoms with Crippen molar-refractivity contribution in [3.05, 3.63) is 170 Å². The van der Waals surface area contributed by atoms with Gasteiger partial charge in [-0.3, -0.25) is 0 Å². The van der Waals surface area contributed by atoms with Gasteiger partial charge in [0.15, 0.2) is 0 Å². The van der Waals surface area contributed by atoms with E-state index in [1.165, 1.54) is 16.8 Å². The fourth-order valence-electron chi connectivity index (χ4n) is 3.39. The van der Waals surface area contributed by atoms with Gasteiger partial charge in [0.2, 0.25) is 0 Å². The number of nitrogens with zero attached hydrogens (tertiary/aromatic N) is 1. The molecule has 0 aliphatic heterocycles. The fourth-order valence-corrected chi connectivity index (χ4v) is 3.39. The third kappa shape index (κ3) is 12.1. The summed E-state index contributed by atoms with van der Waals surface area (Å²) in [5, 5.41) is 3.11. The lowest BCUT2D eigenvalue weighted by molar-refractivity contribution is 0.799. The number of nitrogens with one attached hydrogen (secondary N) is 1. The van der Waals surface area contributed by atoms with Crippen molar-refractivity contribution < 1.29 is 0 Å². The lowest BCUT2D eigenvalue weighted by Gasteiger charge is -2.26. The number of benzene rings is 3. The van der Waals surface area contributed by atoms with Gasteiger partial charge in [0.05, 0.1) is 0 Å². The van der Waals surface area contributed by atoms with Crippen LogP contribution in [-0.4, -0.2) is 6.54 Å². The molecule has 190 valence electrons. The molecule has 0 saturated heterocycles. The Hall–Kier alpha value is -4.50. The molecule has 0 aromatic heterocycles. The number of hydrogen-bond donors (Lipinski definition) is 2. The number of hydrogen-bond acceptors (Lipinski definition) is 3. The van der Waals surface area contributed by atoms with Gasteiger partial charge < -0.3 is 16.0 Å². The van der Waals surface area contributed by atoms with Crippen LogP contribution in [0.3, 0.4) is 0 Å². The summed E-state index contributed by atoms with van der Waals surface area (Å²) in [5.41, 5.74) is 11.7. The van der Waals surface area contributed by atoms with Crippen LogP contribution in [-0.2, 0) is 13.1 Å². The van der Waals surface area contributed by atoms with Crippen molar-refractivity contribution in [2.45, 2.75) is 20.0 Å². The monoisotopic (exact) mass is 489 g/mol. The average Bonchev–Trinajstić information content (AvgIpc) is 2.92. The molecule has 0 saturated carbocycles. The van der Waals surface area contributed by atoms with E-state index >= 15 is 0 Å². The zero-order valence-corrected chi connectivity index (χ0v) is 21.8. The number of nitrogen functional groups attached to an aromatic ring is 1. The molecule has 0 amide bonds. The quantitative estimate of drug-likeness (QED) is 0.154. The van der Waals surface area contributed by atoms with Gasteiger partial charge in [-0.05, 0) is 54.1 Å². The minimum atomic E-state index is 0.819. The van der Waals surface area contributed by atoms with Crippen molar-refractivity contribution in [1.82, 2.24) is 5.32 Å². The number of aryl methyl sites for hydroxylation is 1. The van der Waals surface area contributed by atoms with E-state index in [2.05, 4.69) is 103 Å². The predicted octanol–water partition coefficient (Wildman–Crippen LogP) is 7.91. The SMILES string of the molecule is C=C/C=C\C=C/CN/C=C\C=C/C=C.Cc1cc(N(Cc2ccccc2)Cc2ccccc2)ccc1N. The van der Waals surface area contributed by atoms with E-state index in [0.717, 1.165) is 30.9 Å². The highest BCUT2D eigenvalue weighted by atomic mass is 15.1. The number of anilines is 2. The Morgan fingerprint density at radius 2 is 1.30 bits per heavy atom. The van der Waals surface area contributed by atoms with Crippen LogP contribution in [0.2, 0.25) is 0 Å². The number of rotatable bonds is 12. The van der Waals surface area contributed by atoms with E-state index in [4.69, 9.17) is 5.73 Å². The normalized spacial score (nSPS) is 11.1. The minimum Gasteiger partial charge on any atom is -0.399 e. The Morgan fingerprint density at radius 3 is 1.84 bits per heavy atom. The van der Waals surface area contributed by atoms with Gasteiger partial charge in [-0.2, -0.15) is 0 Å². The molecule has 0 unspecified atom stereocenters. The van der Waals surface area contributed by atoms with E-state index in [-0.39, 0.29) is 0 Å². The molecule has 0 heterocycles. The lowest BCUT2D eigenvalue weighted by Crippen LogP contribution is -2.22. The maximum atomic E-state index is 5.98. The van der Waals surface area contributed by atoms with Gasteiger partial charge in [0.25, 0.3) is 0 Å². The van der Waals surface area contributed by atoms with E-state index < -0.39 is 0 Å². The zero-order valence-electron chi connectivity index (χ0n) is 21.8. The Balaban J connectivity index is 0.000000298. The second-order valence-corrected chi connectivity index (χ2v) is 8.30. The summed E-state index contributed by atoms with van der Waals surface area (Å²) in [6.07, 6.45) is 18.9. The van der Waals surface area contributed by atoms with Crippen molar-refractivity contribution in [2.75, 3.05) is 17.2 Å². The van der Waals surface area contributed by atoms with Crippen LogP contribution in [0.4, 0.5) is 11.4 Å². The lowest BCUT2D eigenvalue weighted by atomic mass is 10.1. The highest BCUT2D eigenvalue weighted by Crippen LogP contribution is 2.24. The Kier molecular flexibility index (Phi) is 13.9. The van der Waals surface area contributed by atoms with Crippen LogP contribution >= 0.6 is 0 Å². The van der Waals surface area contributed by atoms with Crippen molar-refractivity contribution >= 4 is 11.4 Å². The number of nitrogens with two attached hydrogens (primary N) is 1. The summed E-state index contributed by atoms with van der Waals surface area (Å²) >= 11 is 0. The Labute approximate surface area is 223 Å². The minimum absolute atomic E-state index is 0.819. The molecular weight excluding hydrogens is 450 g/mol. The molecule has 3 rings (SSSR count). The molecule has 3 aromatic rings. The van der Waals surface area contributed by atoms with Crippen LogP contribution in [0.5, 0.6) is 0 Å². The summed E-state index contributed by atoms with van der Waals surface area (Å²) in [6, 6.07) is 27.4. The second-order valence-electron chi connectivity index (χ2n) is 8.30. The highest BCUT2D eigenvalue weighted by Gasteiger charge is 2.09. The molecule has 37 heavy (non-hydrogen) atoms. The van der Waals surface area contributed by atoms with Crippen molar-refractivity contribution in [2.24, 2.45) is 0 Å². The van der Waals surface area contributed by atoms with Gasteiger partial charge in [0, 0.05) is 31.0 Å². The summed E-state index contributed by atoms with van der Waals surface area (Å²) in [6.45, 7) is 11.8. The number of allylic oxidation sites excluding steroid dienone is 8. The van der Waals surface area contributed by atoms with Gasteiger partial charge in [-0.15, -0.1) is 0 Å². The van der Waals surface area contributed by atoms with Crippen molar-refractivity contribution in [1.29, 1.82) is 0 Å². The molecule has 3 nitrogen and oxygen atoms in total. The van der Waals surface area contributed by atoms with Crippen molar-refractivity contribution in [3.63, 3.8) is 0 Å². The van der Waals surface area contributed by atoms with E-state index in [1.54, 1.807) is 12.2 Å². The standard InChI is InChI=1S/C21H22N2.C13H17N/c1-17-14-20(12-13-21(17)22)23(15-18-8-4-2-5-9-18)16-19-10-6-3-7-11-19;1-3-5-7-9-11-13-14-12-10-8-6-4-2/h2-14H,15-16,22H2,1H3;3-12,14H,1-2,13H2/b;7-5-,8-6-,11-9-,12-10-. The van der Waals surface area contributed by atoms with Gasteiger partial charge in [0.1, 0.15) is 0 Å². The molecule has 3 N–H and O–H groups in total. The van der Waals surface area contributed by atoms with Crippen LogP contribution in [0.15, 0.2) is 153 Å². The first-order chi connectivity index (χ1) is 18.1. The van der Waals surface area contributed by atoms with Gasteiger partial charge >= 0.3 is 0 Å². The first kappa shape index (κ1) is 28.7. The summed E-state index contributed by atoms with van der Waals surface area (Å²) in [4.78, 5) is 2.39. The molecule has 0 fully saturated rings. The van der Waals surface area contributed by atoms with Crippen molar-refractivity contribution in [3.8, 4) is 0 Å². The van der Waals surface area contributed by atoms with Crippen LogP contribution in [0.25, 0.3) is 0 Å². The topological polar surface area (TPSA) is 41.3 Å². The van der Waals surface area contributed by atoms with Crippen LogP contribution in [0.1, 0.15) is 16.7 Å². The fraction of sp³-hybridized carbons (Fsp3) is 0.118. The largest absolute Gasteiger partial charge is 0.399 e. The molecule has 0 radical (unpaired) electrons. The maximum absolute atomic E-state index is 5.98. The zero-order chi connectivity index (χ0) is 26.6. The predicted molar refractivity (Wildman–Crippen MR) is 163 cm³/mol. The smallest absolute Gasteiger partial charge is 0.0433 e. The summed E-state index contributed by atoms with van der Waals surface area (Å²) in [5.74, 6) is 0. The van der Waals surface area contributed by atoms with Crippen LogP contribution < -0.4 is 16.0 Å². The Bertz CT molecular complexity index is 1100. The first-order valence-corrected chi connectivity index (χ1v) is 12.4. The summed E-state index contributed by atoms with van der Waals surface area (Å²) < 4.78 is 0. The average molecular weight is 490 g/mol. The molecule has 3 aromatic carbocycles. The Morgan fingerprint density at radius 1 is 0.730 bits per heavy atom. The molecule has 0 aliphatic carbocycles. The van der Waals surface area contributed by atoms with Gasteiger partial charge in [-0.25, -0.2) is 0 Å². The third-order valence-corrected chi connectivity index (χ3v) is 5.35. The van der Waals surface area contributed by atoms with E-state index in [9.17, 15) is 0 Å². The molecule has 0 spiro atoms. The maximum Gasteiger partial charge on any atom is 0.0433 e. The van der Waals surface area contributed by atoms with E-state index in [1.807, 2.05) is 54.8 Å². The molecular formula is C34H39N3. The molecule has 0 bridgehead atoms. The third-order valence-electron chi connectivity index (χ3n) is 5.35. The summed E-state index contributed by atoms with van der Waals surface area (Å²) in [7, 11) is 0. The molecule has 0 atom stereocenters. The second kappa shape index (κ2) is 17.9.